The molecule has 2 N–H and O–H groups in total. The van der Waals surface area contributed by atoms with Crippen LogP contribution in [0.1, 0.15) is 62.3 Å². The standard InChI is InChI=1S/C32H36FN3O5/c1-19-14-22(33)15-20(2)31(19)41-27-11-6-21(32(3,4)39)16-25(27)26-18-35(5)30(38)17-28(26)40-24-9-7-23(8-10-24)36-29(37)12-13-34-36/h6,11-18,23-24,37,39H,7-10H2,1-5H3/t23-,24-. The number of rotatable bonds is 7. The first kappa shape index (κ1) is 28.4. The third-order valence-electron chi connectivity index (χ3n) is 7.74. The van der Waals surface area contributed by atoms with Gasteiger partial charge in [-0.15, -0.1) is 0 Å². The van der Waals surface area contributed by atoms with Crippen molar-refractivity contribution in [3.8, 4) is 34.3 Å². The van der Waals surface area contributed by atoms with Crippen LogP contribution in [0.5, 0.6) is 23.1 Å². The maximum atomic E-state index is 14.0. The first-order valence-electron chi connectivity index (χ1n) is 13.8. The molecule has 1 saturated carbocycles. The number of aliphatic hydroxyl groups is 1. The monoisotopic (exact) mass is 561 g/mol. The van der Waals surface area contributed by atoms with E-state index in [0.717, 1.165) is 25.7 Å². The van der Waals surface area contributed by atoms with Crippen molar-refractivity contribution < 1.29 is 24.1 Å². The summed E-state index contributed by atoms with van der Waals surface area (Å²) in [5.41, 5.74) is 1.88. The van der Waals surface area contributed by atoms with Gasteiger partial charge in [-0.05, 0) is 94.3 Å². The van der Waals surface area contributed by atoms with Crippen molar-refractivity contribution in [2.75, 3.05) is 0 Å². The van der Waals surface area contributed by atoms with E-state index in [1.54, 1.807) is 70.0 Å². The summed E-state index contributed by atoms with van der Waals surface area (Å²) in [5, 5.41) is 25.1. The van der Waals surface area contributed by atoms with E-state index >= 15 is 0 Å². The SMILES string of the molecule is Cc1cc(F)cc(C)c1Oc1ccc(C(C)(C)O)cc1-c1cn(C)c(=O)cc1O[C@H]1CC[C@H](n2nccc2O)CC1. The van der Waals surface area contributed by atoms with E-state index in [0.29, 0.717) is 45.1 Å². The van der Waals surface area contributed by atoms with Gasteiger partial charge in [0, 0.05) is 36.5 Å². The largest absolute Gasteiger partial charge is 0.493 e. The Morgan fingerprint density at radius 2 is 1.66 bits per heavy atom. The van der Waals surface area contributed by atoms with E-state index in [4.69, 9.17) is 9.47 Å². The molecule has 0 bridgehead atoms. The molecule has 0 saturated heterocycles. The fourth-order valence-electron chi connectivity index (χ4n) is 5.47. The number of hydrogen-bond donors (Lipinski definition) is 2. The molecular weight excluding hydrogens is 525 g/mol. The summed E-state index contributed by atoms with van der Waals surface area (Å²) in [6, 6.07) is 11.4. The Morgan fingerprint density at radius 3 is 2.27 bits per heavy atom. The minimum Gasteiger partial charge on any atom is -0.493 e. The van der Waals surface area contributed by atoms with Gasteiger partial charge in [-0.25, -0.2) is 9.07 Å². The van der Waals surface area contributed by atoms with Crippen molar-refractivity contribution in [1.29, 1.82) is 0 Å². The Bertz CT molecular complexity index is 1600. The van der Waals surface area contributed by atoms with Gasteiger partial charge in [0.15, 0.2) is 0 Å². The maximum absolute atomic E-state index is 14.0. The molecule has 1 aliphatic carbocycles. The topological polar surface area (TPSA) is 98.7 Å². The molecule has 1 aliphatic rings. The van der Waals surface area contributed by atoms with Crippen LogP contribution in [-0.4, -0.2) is 30.7 Å². The smallest absolute Gasteiger partial charge is 0.254 e. The summed E-state index contributed by atoms with van der Waals surface area (Å²) in [5.74, 6) is 1.25. The quantitative estimate of drug-likeness (QED) is 0.275. The van der Waals surface area contributed by atoms with Gasteiger partial charge >= 0.3 is 0 Å². The van der Waals surface area contributed by atoms with Gasteiger partial charge in [0.1, 0.15) is 23.1 Å². The van der Waals surface area contributed by atoms with Crippen molar-refractivity contribution in [2.24, 2.45) is 7.05 Å². The summed E-state index contributed by atoms with van der Waals surface area (Å²) in [6.45, 7) is 6.98. The second-order valence-corrected chi connectivity index (χ2v) is 11.4. The van der Waals surface area contributed by atoms with E-state index in [1.807, 2.05) is 6.07 Å². The molecule has 0 unspecified atom stereocenters. The van der Waals surface area contributed by atoms with Gasteiger partial charge in [-0.1, -0.05) is 6.07 Å². The van der Waals surface area contributed by atoms with Crippen molar-refractivity contribution in [3.05, 3.63) is 87.7 Å². The Morgan fingerprint density at radius 1 is 0.976 bits per heavy atom. The van der Waals surface area contributed by atoms with Crippen molar-refractivity contribution in [2.45, 2.75) is 71.1 Å². The second-order valence-electron chi connectivity index (χ2n) is 11.4. The molecule has 1 fully saturated rings. The van der Waals surface area contributed by atoms with Crippen LogP contribution in [0.15, 0.2) is 59.7 Å². The fraction of sp³-hybridized carbons (Fsp3) is 0.375. The van der Waals surface area contributed by atoms with Crippen LogP contribution in [0, 0.1) is 19.7 Å². The number of aryl methyl sites for hydroxylation is 3. The van der Waals surface area contributed by atoms with E-state index < -0.39 is 5.60 Å². The highest BCUT2D eigenvalue weighted by atomic mass is 19.1. The summed E-state index contributed by atoms with van der Waals surface area (Å²) >= 11 is 0. The fourth-order valence-corrected chi connectivity index (χ4v) is 5.47. The van der Waals surface area contributed by atoms with Gasteiger partial charge in [0.05, 0.1) is 23.9 Å². The highest BCUT2D eigenvalue weighted by Gasteiger charge is 2.27. The van der Waals surface area contributed by atoms with Crippen LogP contribution >= 0.6 is 0 Å². The number of aromatic nitrogens is 3. The number of benzene rings is 2. The first-order valence-corrected chi connectivity index (χ1v) is 13.8. The van der Waals surface area contributed by atoms with Gasteiger partial charge in [-0.2, -0.15) is 5.10 Å². The third-order valence-corrected chi connectivity index (χ3v) is 7.74. The van der Waals surface area contributed by atoms with Gasteiger partial charge < -0.3 is 24.3 Å². The zero-order valence-corrected chi connectivity index (χ0v) is 24.0. The molecule has 2 heterocycles. The van der Waals surface area contributed by atoms with E-state index in [-0.39, 0.29) is 29.4 Å². The lowest BCUT2D eigenvalue weighted by atomic mass is 9.92. The molecule has 0 atom stereocenters. The lowest BCUT2D eigenvalue weighted by Gasteiger charge is -2.30. The molecular formula is C32H36FN3O5. The normalized spacial score (nSPS) is 17.4. The average molecular weight is 562 g/mol. The minimum atomic E-state index is -1.13. The number of pyridine rings is 1. The highest BCUT2D eigenvalue weighted by Crippen LogP contribution is 2.42. The Labute approximate surface area is 238 Å². The molecule has 0 radical (unpaired) electrons. The van der Waals surface area contributed by atoms with Gasteiger partial charge in [0.2, 0.25) is 5.88 Å². The van der Waals surface area contributed by atoms with Crippen molar-refractivity contribution in [1.82, 2.24) is 14.3 Å². The van der Waals surface area contributed by atoms with E-state index in [9.17, 15) is 19.4 Å². The van der Waals surface area contributed by atoms with E-state index in [2.05, 4.69) is 5.10 Å². The predicted molar refractivity (Wildman–Crippen MR) is 154 cm³/mol. The number of aromatic hydroxyl groups is 1. The van der Waals surface area contributed by atoms with Crippen LogP contribution in [-0.2, 0) is 12.6 Å². The minimum absolute atomic E-state index is 0.0821. The van der Waals surface area contributed by atoms with Gasteiger partial charge in [-0.3, -0.25) is 4.79 Å². The lowest BCUT2D eigenvalue weighted by molar-refractivity contribution is 0.0786. The molecule has 4 aromatic rings. The Kier molecular flexibility index (Phi) is 7.66. The van der Waals surface area contributed by atoms with Crippen LogP contribution in [0.25, 0.3) is 11.1 Å². The number of halogens is 1. The van der Waals surface area contributed by atoms with Crippen LogP contribution in [0.2, 0.25) is 0 Å². The third kappa shape index (κ3) is 6.00. The summed E-state index contributed by atoms with van der Waals surface area (Å²) < 4.78 is 30.0. The summed E-state index contributed by atoms with van der Waals surface area (Å²) in [4.78, 5) is 12.8. The number of nitrogens with zero attached hydrogens (tertiary/aromatic N) is 3. The van der Waals surface area contributed by atoms with Gasteiger partial charge in [0.25, 0.3) is 5.56 Å². The van der Waals surface area contributed by atoms with Crippen LogP contribution in [0.3, 0.4) is 0 Å². The maximum Gasteiger partial charge on any atom is 0.254 e. The zero-order chi connectivity index (χ0) is 29.5. The molecule has 216 valence electrons. The summed E-state index contributed by atoms with van der Waals surface area (Å²) in [6.07, 6.45) is 6.14. The number of ether oxygens (including phenoxy) is 2. The first-order chi connectivity index (χ1) is 19.4. The van der Waals surface area contributed by atoms with Crippen LogP contribution in [0.4, 0.5) is 4.39 Å². The highest BCUT2D eigenvalue weighted by molar-refractivity contribution is 5.76. The zero-order valence-electron chi connectivity index (χ0n) is 24.0. The molecule has 2 aromatic carbocycles. The van der Waals surface area contributed by atoms with Crippen LogP contribution < -0.4 is 15.0 Å². The molecule has 9 heteroatoms. The lowest BCUT2D eigenvalue weighted by Crippen LogP contribution is -2.27. The number of hydrogen-bond acceptors (Lipinski definition) is 6. The Hall–Kier alpha value is -4.11. The van der Waals surface area contributed by atoms with Crippen molar-refractivity contribution >= 4 is 0 Å². The second kappa shape index (κ2) is 11.0. The van der Waals surface area contributed by atoms with Crippen molar-refractivity contribution in [3.63, 3.8) is 0 Å². The summed E-state index contributed by atoms with van der Waals surface area (Å²) in [7, 11) is 1.67. The average Bonchev–Trinajstić information content (AvgIpc) is 3.34. The Balaban J connectivity index is 1.53. The molecule has 0 amide bonds. The molecule has 41 heavy (non-hydrogen) atoms. The predicted octanol–water partition coefficient (Wildman–Crippen LogP) is 6.29. The molecule has 2 aromatic heterocycles. The van der Waals surface area contributed by atoms with E-state index in [1.165, 1.54) is 22.8 Å². The molecule has 8 nitrogen and oxygen atoms in total. The molecule has 0 spiro atoms. The molecule has 0 aliphatic heterocycles. The molecule has 5 rings (SSSR count).